The monoisotopic (exact) mass is 321 g/mol. The summed E-state index contributed by atoms with van der Waals surface area (Å²) in [4.78, 5) is 11.8. The van der Waals surface area contributed by atoms with Gasteiger partial charge in [0.05, 0.1) is 11.5 Å². The van der Waals surface area contributed by atoms with Gasteiger partial charge in [0.25, 0.3) is 0 Å². The minimum atomic E-state index is -1.12. The molecule has 3 N–H and O–H groups in total. The molecule has 8 heteroatoms. The van der Waals surface area contributed by atoms with Crippen LogP contribution in [0.3, 0.4) is 0 Å². The van der Waals surface area contributed by atoms with E-state index in [4.69, 9.17) is 18.9 Å². The molecule has 5 atom stereocenters. The number of hydroxylamine groups is 1. The number of aliphatic hydroxyl groups is 1. The van der Waals surface area contributed by atoms with E-state index in [-0.39, 0.29) is 6.61 Å². The molecule has 0 spiro atoms. The van der Waals surface area contributed by atoms with E-state index >= 15 is 0 Å². The second-order valence-electron chi connectivity index (χ2n) is 6.19. The van der Waals surface area contributed by atoms with E-state index in [2.05, 4.69) is 0 Å². The summed E-state index contributed by atoms with van der Waals surface area (Å²) in [5.74, 6) is -0.405. The zero-order chi connectivity index (χ0) is 16.9. The van der Waals surface area contributed by atoms with Gasteiger partial charge >= 0.3 is 5.97 Å². The lowest BCUT2D eigenvalue weighted by atomic mass is 9.96. The maximum absolute atomic E-state index is 11.8. The van der Waals surface area contributed by atoms with Gasteiger partial charge in [-0.1, -0.05) is 0 Å². The number of aliphatic hydroxyl groups excluding tert-OH is 1. The summed E-state index contributed by atoms with van der Waals surface area (Å²) < 4.78 is 21.4. The molecule has 1 aliphatic rings. The topological polar surface area (TPSA) is 106 Å². The minimum Gasteiger partial charge on any atom is -0.462 e. The van der Waals surface area contributed by atoms with Crippen LogP contribution in [0.5, 0.6) is 0 Å². The van der Waals surface area contributed by atoms with Crippen molar-refractivity contribution < 1.29 is 34.1 Å². The predicted molar refractivity (Wildman–Crippen MR) is 76.2 cm³/mol. The molecular weight excluding hydrogens is 294 g/mol. The van der Waals surface area contributed by atoms with Gasteiger partial charge in [0.1, 0.15) is 24.9 Å². The highest BCUT2D eigenvalue weighted by molar-refractivity contribution is 5.75. The number of carbonyl (C=O) groups is 1. The van der Waals surface area contributed by atoms with Crippen molar-refractivity contribution in [3.05, 3.63) is 0 Å². The highest BCUT2D eigenvalue weighted by Crippen LogP contribution is 2.25. The molecule has 0 unspecified atom stereocenters. The van der Waals surface area contributed by atoms with Crippen LogP contribution in [-0.2, 0) is 23.7 Å². The Balaban J connectivity index is 2.74. The number of carbonyl (C=O) groups excluding carboxylic acids is 1. The average Bonchev–Trinajstić information content (AvgIpc) is 2.45. The molecule has 0 aromatic carbocycles. The Kier molecular flexibility index (Phi) is 7.17. The molecule has 0 saturated carbocycles. The zero-order valence-corrected chi connectivity index (χ0v) is 13.7. The number of ether oxygens (including phenoxy) is 4. The molecule has 1 saturated heterocycles. The van der Waals surface area contributed by atoms with Gasteiger partial charge in [-0.25, -0.2) is 0 Å². The quantitative estimate of drug-likeness (QED) is 0.466. The lowest BCUT2D eigenvalue weighted by Gasteiger charge is -2.43. The van der Waals surface area contributed by atoms with Crippen LogP contribution in [0.15, 0.2) is 0 Å². The van der Waals surface area contributed by atoms with Crippen LogP contribution < -0.4 is 5.48 Å². The first kappa shape index (κ1) is 19.3. The summed E-state index contributed by atoms with van der Waals surface area (Å²) in [5, 5.41) is 19.6. The maximum atomic E-state index is 11.8. The fraction of sp³-hybridized carbons (Fsp3) is 0.929. The summed E-state index contributed by atoms with van der Waals surface area (Å²) >= 11 is 0. The van der Waals surface area contributed by atoms with Crippen molar-refractivity contribution in [3.63, 3.8) is 0 Å². The Morgan fingerprint density at radius 1 is 1.36 bits per heavy atom. The number of hydrogen-bond acceptors (Lipinski definition) is 8. The van der Waals surface area contributed by atoms with Gasteiger partial charge in [-0.15, -0.1) is 0 Å². The highest BCUT2D eigenvalue weighted by Gasteiger charge is 2.46. The van der Waals surface area contributed by atoms with Gasteiger partial charge in [0.15, 0.2) is 6.29 Å². The van der Waals surface area contributed by atoms with Gasteiger partial charge in [-0.3, -0.25) is 4.79 Å². The second-order valence-corrected chi connectivity index (χ2v) is 6.19. The number of nitrogens with one attached hydrogen (secondary N) is 1. The van der Waals surface area contributed by atoms with E-state index in [0.717, 1.165) is 0 Å². The number of rotatable bonds is 6. The second kappa shape index (κ2) is 8.19. The number of hydrogen-bond donors (Lipinski definition) is 3. The zero-order valence-electron chi connectivity index (χ0n) is 13.7. The third-order valence-corrected chi connectivity index (χ3v) is 3.41. The van der Waals surface area contributed by atoms with E-state index in [1.54, 1.807) is 27.7 Å². The minimum absolute atomic E-state index is 0.145. The van der Waals surface area contributed by atoms with E-state index in [0.29, 0.717) is 6.61 Å². The van der Waals surface area contributed by atoms with Gasteiger partial charge in [-0.2, -0.15) is 5.48 Å². The van der Waals surface area contributed by atoms with Crippen LogP contribution in [0.1, 0.15) is 27.7 Å². The Hall–Kier alpha value is -0.770. The average molecular weight is 321 g/mol. The summed E-state index contributed by atoms with van der Waals surface area (Å²) in [5.41, 5.74) is 1.38. The summed E-state index contributed by atoms with van der Waals surface area (Å²) in [6, 6.07) is -0.822. The Labute approximate surface area is 130 Å². The van der Waals surface area contributed by atoms with Gasteiger partial charge < -0.3 is 29.3 Å². The van der Waals surface area contributed by atoms with Crippen LogP contribution in [0.2, 0.25) is 0 Å². The van der Waals surface area contributed by atoms with Gasteiger partial charge in [-0.05, 0) is 27.7 Å². The first-order valence-corrected chi connectivity index (χ1v) is 7.31. The van der Waals surface area contributed by atoms with Crippen LogP contribution in [0.25, 0.3) is 0 Å². The molecule has 22 heavy (non-hydrogen) atoms. The number of methoxy groups -OCH3 is 1. The van der Waals surface area contributed by atoms with Crippen molar-refractivity contribution in [2.45, 2.75) is 58.3 Å². The van der Waals surface area contributed by atoms with Gasteiger partial charge in [0, 0.05) is 13.7 Å². The van der Waals surface area contributed by atoms with Gasteiger partial charge in [0.2, 0.25) is 0 Å². The predicted octanol–water partition coefficient (Wildman–Crippen LogP) is 0.0604. The van der Waals surface area contributed by atoms with Crippen LogP contribution in [-0.4, -0.2) is 67.3 Å². The molecule has 0 radical (unpaired) electrons. The number of esters is 1. The van der Waals surface area contributed by atoms with Crippen LogP contribution in [0.4, 0.5) is 0 Å². The van der Waals surface area contributed by atoms with E-state index in [1.807, 2.05) is 5.48 Å². The van der Waals surface area contributed by atoms with Crippen LogP contribution in [0, 0.1) is 5.41 Å². The van der Waals surface area contributed by atoms with Crippen molar-refractivity contribution in [2.24, 2.45) is 5.41 Å². The molecule has 8 nitrogen and oxygen atoms in total. The van der Waals surface area contributed by atoms with Crippen molar-refractivity contribution in [1.82, 2.24) is 5.48 Å². The molecule has 130 valence electrons. The summed E-state index contributed by atoms with van der Waals surface area (Å²) in [6.45, 7) is 7.19. The molecule has 0 amide bonds. The molecule has 0 aromatic rings. The third-order valence-electron chi connectivity index (χ3n) is 3.41. The summed E-state index contributed by atoms with van der Waals surface area (Å²) in [7, 11) is 1.43. The fourth-order valence-corrected chi connectivity index (χ4v) is 2.15. The normalized spacial score (nSPS) is 32.8. The molecule has 0 bridgehead atoms. The lowest BCUT2D eigenvalue weighted by Crippen LogP contribution is -2.64. The molecule has 1 rings (SSSR count). The highest BCUT2D eigenvalue weighted by atomic mass is 16.7. The Morgan fingerprint density at radius 3 is 2.45 bits per heavy atom. The largest absolute Gasteiger partial charge is 0.462 e. The molecular formula is C14H27NO7. The lowest BCUT2D eigenvalue weighted by molar-refractivity contribution is -0.289. The first-order valence-electron chi connectivity index (χ1n) is 7.31. The third kappa shape index (κ3) is 4.61. The van der Waals surface area contributed by atoms with E-state index < -0.39 is 42.0 Å². The maximum Gasteiger partial charge on any atom is 0.311 e. The summed E-state index contributed by atoms with van der Waals surface area (Å²) in [6.07, 6.45) is -3.45. The molecule has 1 fully saturated rings. The molecule has 1 aliphatic heterocycles. The standard InChI is InChI=1S/C14H27NO7/c1-6-20-11-9(15-18)10(16)8(22-12(11)19-5)7-21-13(17)14(2,3)4/h8-12,15-16,18H,6-7H2,1-5H3/t8-,9-,10-,11+,12+/m1/s1. The Morgan fingerprint density at radius 2 is 2.00 bits per heavy atom. The first-order chi connectivity index (χ1) is 10.3. The fourth-order valence-electron chi connectivity index (χ4n) is 2.15. The van der Waals surface area contributed by atoms with Crippen molar-refractivity contribution >= 4 is 5.97 Å². The molecule has 0 aromatic heterocycles. The smallest absolute Gasteiger partial charge is 0.311 e. The van der Waals surface area contributed by atoms with E-state index in [1.165, 1.54) is 7.11 Å². The SMILES string of the molecule is CCO[C@@H]1[C@@H](OC)O[C@H](COC(=O)C(C)(C)C)[C@@H](O)[C@H]1NO. The van der Waals surface area contributed by atoms with Crippen molar-refractivity contribution in [1.29, 1.82) is 0 Å². The van der Waals surface area contributed by atoms with Crippen molar-refractivity contribution in [3.8, 4) is 0 Å². The van der Waals surface area contributed by atoms with Crippen LogP contribution >= 0.6 is 0 Å². The molecule has 1 heterocycles. The molecule has 0 aliphatic carbocycles. The van der Waals surface area contributed by atoms with Crippen molar-refractivity contribution in [2.75, 3.05) is 20.3 Å². The Bertz CT molecular complexity index is 358. The van der Waals surface area contributed by atoms with E-state index in [9.17, 15) is 15.1 Å².